The number of rotatable bonds is 10. The molecule has 8 nitrogen and oxygen atoms in total. The average molecular weight is 480 g/mol. The second-order valence-corrected chi connectivity index (χ2v) is 8.03. The Labute approximate surface area is 204 Å². The van der Waals surface area contributed by atoms with Gasteiger partial charge in [-0.05, 0) is 60.4 Å². The van der Waals surface area contributed by atoms with Gasteiger partial charge in [-0.3, -0.25) is 4.79 Å². The van der Waals surface area contributed by atoms with Gasteiger partial charge in [0, 0.05) is 11.6 Å². The third-order valence-corrected chi connectivity index (χ3v) is 5.82. The zero-order valence-electron chi connectivity index (χ0n) is 20.3. The summed E-state index contributed by atoms with van der Waals surface area (Å²) in [6.07, 6.45) is 1.22. The summed E-state index contributed by atoms with van der Waals surface area (Å²) in [5, 5.41) is 3.17. The fourth-order valence-electron chi connectivity index (χ4n) is 4.05. The Balaban J connectivity index is 1.59. The number of ether oxygens (including phenoxy) is 6. The highest BCUT2D eigenvalue weighted by atomic mass is 16.7. The smallest absolute Gasteiger partial charge is 0.251 e. The molecule has 0 saturated carbocycles. The maximum Gasteiger partial charge on any atom is 0.251 e. The Kier molecular flexibility index (Phi) is 7.50. The topological polar surface area (TPSA) is 84.5 Å². The summed E-state index contributed by atoms with van der Waals surface area (Å²) in [4.78, 5) is 13.3. The molecular weight excluding hydrogens is 450 g/mol. The lowest BCUT2D eigenvalue weighted by Gasteiger charge is -2.21. The highest BCUT2D eigenvalue weighted by molar-refractivity contribution is 5.95. The zero-order chi connectivity index (χ0) is 24.8. The van der Waals surface area contributed by atoms with Crippen molar-refractivity contribution in [1.29, 1.82) is 0 Å². The predicted octanol–water partition coefficient (Wildman–Crippen LogP) is 4.03. The van der Waals surface area contributed by atoms with Crippen LogP contribution >= 0.6 is 0 Å². The summed E-state index contributed by atoms with van der Waals surface area (Å²) < 4.78 is 32.4. The Hall–Kier alpha value is -4.07. The van der Waals surface area contributed by atoms with Gasteiger partial charge in [-0.2, -0.15) is 0 Å². The van der Waals surface area contributed by atoms with Gasteiger partial charge in [0.2, 0.25) is 12.5 Å². The van der Waals surface area contributed by atoms with Crippen LogP contribution in [-0.4, -0.2) is 47.2 Å². The van der Waals surface area contributed by atoms with Gasteiger partial charge in [-0.1, -0.05) is 18.2 Å². The molecule has 1 atom stereocenters. The second kappa shape index (κ2) is 10.9. The molecule has 0 spiro atoms. The van der Waals surface area contributed by atoms with E-state index in [9.17, 15) is 4.79 Å². The Morgan fingerprint density at radius 2 is 1.43 bits per heavy atom. The van der Waals surface area contributed by atoms with E-state index in [2.05, 4.69) is 5.32 Å². The number of nitrogens with one attached hydrogen (secondary N) is 1. The second-order valence-electron chi connectivity index (χ2n) is 8.03. The van der Waals surface area contributed by atoms with E-state index in [0.717, 1.165) is 22.6 Å². The number of fused-ring (bicyclic) bond motifs is 1. The molecule has 35 heavy (non-hydrogen) atoms. The van der Waals surface area contributed by atoms with E-state index in [1.165, 1.54) is 21.3 Å². The average Bonchev–Trinajstić information content (AvgIpc) is 3.36. The van der Waals surface area contributed by atoms with Gasteiger partial charge in [0.05, 0.1) is 28.4 Å². The quantitative estimate of drug-likeness (QED) is 0.470. The van der Waals surface area contributed by atoms with Crippen LogP contribution in [0.25, 0.3) is 0 Å². The molecule has 8 heteroatoms. The molecule has 184 valence electrons. The molecule has 0 aliphatic carbocycles. The summed E-state index contributed by atoms with van der Waals surface area (Å²) in [7, 11) is 6.20. The van der Waals surface area contributed by atoms with Crippen molar-refractivity contribution in [2.45, 2.75) is 18.9 Å². The monoisotopic (exact) mass is 479 g/mol. The Bertz CT molecular complexity index is 1150. The van der Waals surface area contributed by atoms with Crippen molar-refractivity contribution in [2.24, 2.45) is 0 Å². The van der Waals surface area contributed by atoms with E-state index >= 15 is 0 Å². The standard InChI is InChI=1S/C27H29NO7/c1-30-21-8-5-17(6-9-21)11-20(12-18-7-10-22-23(13-18)35-16-34-22)28-27(29)19-14-24(31-2)26(33-4)25(15-19)32-3/h5-10,13-15,20H,11-12,16H2,1-4H3,(H,28,29)/t20-/m1/s1. The highest BCUT2D eigenvalue weighted by Crippen LogP contribution is 2.38. The first-order valence-electron chi connectivity index (χ1n) is 11.2. The maximum atomic E-state index is 13.3. The van der Waals surface area contributed by atoms with Crippen molar-refractivity contribution in [3.05, 3.63) is 71.3 Å². The Morgan fingerprint density at radius 1 is 0.800 bits per heavy atom. The van der Waals surface area contributed by atoms with Crippen LogP contribution in [0.15, 0.2) is 54.6 Å². The Morgan fingerprint density at radius 3 is 2.06 bits per heavy atom. The van der Waals surface area contributed by atoms with Crippen molar-refractivity contribution < 1.29 is 33.2 Å². The largest absolute Gasteiger partial charge is 0.497 e. The van der Waals surface area contributed by atoms with Crippen LogP contribution in [-0.2, 0) is 12.8 Å². The molecule has 0 unspecified atom stereocenters. The SMILES string of the molecule is COc1ccc(C[C@H](Cc2ccc3c(c2)OCO3)NC(=O)c2cc(OC)c(OC)c(OC)c2)cc1. The summed E-state index contributed by atoms with van der Waals surface area (Å²) in [5.41, 5.74) is 2.50. The summed E-state index contributed by atoms with van der Waals surface area (Å²) in [5.74, 6) is 3.23. The number of hydrogen-bond donors (Lipinski definition) is 1. The van der Waals surface area contributed by atoms with Gasteiger partial charge in [0.1, 0.15) is 5.75 Å². The van der Waals surface area contributed by atoms with Crippen LogP contribution in [0.4, 0.5) is 0 Å². The minimum atomic E-state index is -0.247. The molecule has 1 aliphatic heterocycles. The number of hydrogen-bond acceptors (Lipinski definition) is 7. The molecule has 1 aliphatic rings. The predicted molar refractivity (Wildman–Crippen MR) is 130 cm³/mol. The number of amides is 1. The molecule has 0 fully saturated rings. The number of methoxy groups -OCH3 is 4. The van der Waals surface area contributed by atoms with Gasteiger partial charge < -0.3 is 33.7 Å². The van der Waals surface area contributed by atoms with E-state index in [4.69, 9.17) is 28.4 Å². The van der Waals surface area contributed by atoms with Crippen LogP contribution in [0.1, 0.15) is 21.5 Å². The van der Waals surface area contributed by atoms with Gasteiger partial charge in [-0.25, -0.2) is 0 Å². The molecule has 3 aromatic rings. The van der Waals surface area contributed by atoms with E-state index < -0.39 is 0 Å². The van der Waals surface area contributed by atoms with Crippen molar-refractivity contribution in [3.8, 4) is 34.5 Å². The van der Waals surface area contributed by atoms with Gasteiger partial charge >= 0.3 is 0 Å². The van der Waals surface area contributed by atoms with E-state index in [1.807, 2.05) is 42.5 Å². The fraction of sp³-hybridized carbons (Fsp3) is 0.296. The third-order valence-electron chi connectivity index (χ3n) is 5.82. The van der Waals surface area contributed by atoms with Crippen LogP contribution in [0.3, 0.4) is 0 Å². The summed E-state index contributed by atoms with van der Waals surface area (Å²) in [6, 6.07) is 16.7. The van der Waals surface area contributed by atoms with E-state index in [0.29, 0.717) is 41.4 Å². The zero-order valence-corrected chi connectivity index (χ0v) is 20.3. The van der Waals surface area contributed by atoms with Crippen molar-refractivity contribution in [3.63, 3.8) is 0 Å². The minimum absolute atomic E-state index is 0.199. The molecule has 0 bridgehead atoms. The first-order valence-corrected chi connectivity index (χ1v) is 11.2. The van der Waals surface area contributed by atoms with Crippen molar-refractivity contribution in [2.75, 3.05) is 35.2 Å². The van der Waals surface area contributed by atoms with Crippen LogP contribution in [0, 0.1) is 0 Å². The van der Waals surface area contributed by atoms with Crippen molar-refractivity contribution >= 4 is 5.91 Å². The lowest BCUT2D eigenvalue weighted by molar-refractivity contribution is 0.0936. The molecule has 4 rings (SSSR count). The molecule has 0 aromatic heterocycles. The molecule has 0 radical (unpaired) electrons. The van der Waals surface area contributed by atoms with Crippen LogP contribution in [0.5, 0.6) is 34.5 Å². The lowest BCUT2D eigenvalue weighted by Crippen LogP contribution is -2.38. The molecule has 1 N–H and O–H groups in total. The van der Waals surface area contributed by atoms with Gasteiger partial charge in [0.25, 0.3) is 5.91 Å². The van der Waals surface area contributed by atoms with E-state index in [1.54, 1.807) is 19.2 Å². The van der Waals surface area contributed by atoms with Crippen LogP contribution in [0.2, 0.25) is 0 Å². The minimum Gasteiger partial charge on any atom is -0.497 e. The maximum absolute atomic E-state index is 13.3. The molecule has 1 heterocycles. The van der Waals surface area contributed by atoms with Gasteiger partial charge in [-0.15, -0.1) is 0 Å². The van der Waals surface area contributed by atoms with E-state index in [-0.39, 0.29) is 18.7 Å². The van der Waals surface area contributed by atoms with Crippen molar-refractivity contribution in [1.82, 2.24) is 5.32 Å². The molecule has 1 amide bonds. The summed E-state index contributed by atoms with van der Waals surface area (Å²) >= 11 is 0. The van der Waals surface area contributed by atoms with Crippen LogP contribution < -0.4 is 33.7 Å². The number of benzene rings is 3. The normalized spacial score (nSPS) is 12.6. The first kappa shape index (κ1) is 24.1. The molecular formula is C27H29NO7. The highest BCUT2D eigenvalue weighted by Gasteiger charge is 2.21. The summed E-state index contributed by atoms with van der Waals surface area (Å²) in [6.45, 7) is 0.214. The number of carbonyl (C=O) groups excluding carboxylic acids is 1. The number of carbonyl (C=O) groups is 1. The van der Waals surface area contributed by atoms with Gasteiger partial charge in [0.15, 0.2) is 23.0 Å². The fourth-order valence-corrected chi connectivity index (χ4v) is 4.05. The molecule has 0 saturated heterocycles. The molecule has 3 aromatic carbocycles. The lowest BCUT2D eigenvalue weighted by atomic mass is 9.98. The third kappa shape index (κ3) is 5.54. The first-order chi connectivity index (χ1) is 17.0.